The molecular weight excluding hydrogens is 204 g/mol. The standard InChI is InChI=1S/C12H10N2O2/c15-12(16)10-4-1-9(2-5-10)3-6-11-7-13-8-14-11/h1-8H,(H,13,14)(H,15,16). The molecule has 4 heteroatoms. The lowest BCUT2D eigenvalue weighted by molar-refractivity contribution is 0.0697. The summed E-state index contributed by atoms with van der Waals surface area (Å²) in [6, 6.07) is 6.67. The molecule has 1 heterocycles. The molecule has 0 bridgehead atoms. The molecule has 1 aromatic carbocycles. The van der Waals surface area contributed by atoms with Crippen molar-refractivity contribution in [1.29, 1.82) is 0 Å². The lowest BCUT2D eigenvalue weighted by Gasteiger charge is -1.95. The maximum Gasteiger partial charge on any atom is 0.335 e. The van der Waals surface area contributed by atoms with Crippen LogP contribution in [0.25, 0.3) is 12.2 Å². The highest BCUT2D eigenvalue weighted by molar-refractivity contribution is 5.88. The van der Waals surface area contributed by atoms with E-state index in [2.05, 4.69) is 9.97 Å². The number of H-pyrrole nitrogens is 1. The number of aromatic amines is 1. The number of carboxylic acids is 1. The minimum atomic E-state index is -0.914. The summed E-state index contributed by atoms with van der Waals surface area (Å²) in [7, 11) is 0. The van der Waals surface area contributed by atoms with Crippen LogP contribution in [0.2, 0.25) is 0 Å². The number of imidazole rings is 1. The Bertz CT molecular complexity index is 498. The Hall–Kier alpha value is -2.36. The normalized spacial score (nSPS) is 10.8. The molecule has 0 aliphatic carbocycles. The second-order valence-electron chi connectivity index (χ2n) is 3.25. The molecule has 0 saturated heterocycles. The Labute approximate surface area is 92.3 Å². The van der Waals surface area contributed by atoms with Gasteiger partial charge in [0, 0.05) is 6.20 Å². The van der Waals surface area contributed by atoms with Gasteiger partial charge in [-0.1, -0.05) is 18.2 Å². The van der Waals surface area contributed by atoms with Gasteiger partial charge in [-0.2, -0.15) is 0 Å². The van der Waals surface area contributed by atoms with Crippen molar-refractivity contribution in [3.05, 3.63) is 53.6 Å². The molecule has 16 heavy (non-hydrogen) atoms. The summed E-state index contributed by atoms with van der Waals surface area (Å²) < 4.78 is 0. The number of aromatic carboxylic acids is 1. The van der Waals surface area contributed by atoms with E-state index in [9.17, 15) is 4.79 Å². The van der Waals surface area contributed by atoms with Crippen LogP contribution in [-0.4, -0.2) is 21.0 Å². The Morgan fingerprint density at radius 3 is 2.56 bits per heavy atom. The second-order valence-corrected chi connectivity index (χ2v) is 3.25. The molecule has 0 atom stereocenters. The number of nitrogens with one attached hydrogen (secondary N) is 1. The number of carboxylic acid groups (broad SMARTS) is 1. The first-order chi connectivity index (χ1) is 7.75. The van der Waals surface area contributed by atoms with E-state index in [0.29, 0.717) is 0 Å². The number of carbonyl (C=O) groups is 1. The average molecular weight is 214 g/mol. The Kier molecular flexibility index (Phi) is 2.82. The predicted octanol–water partition coefficient (Wildman–Crippen LogP) is 2.28. The third kappa shape index (κ3) is 2.36. The lowest BCUT2D eigenvalue weighted by atomic mass is 10.1. The number of hydrogen-bond donors (Lipinski definition) is 2. The van der Waals surface area contributed by atoms with Gasteiger partial charge in [0.2, 0.25) is 0 Å². The molecule has 2 aromatic rings. The van der Waals surface area contributed by atoms with Crippen molar-refractivity contribution in [3.8, 4) is 0 Å². The second kappa shape index (κ2) is 4.44. The lowest BCUT2D eigenvalue weighted by Crippen LogP contribution is -1.94. The molecule has 0 saturated carbocycles. The molecule has 2 N–H and O–H groups in total. The minimum absolute atomic E-state index is 0.289. The van der Waals surface area contributed by atoms with Crippen molar-refractivity contribution < 1.29 is 9.90 Å². The number of rotatable bonds is 3. The zero-order valence-corrected chi connectivity index (χ0v) is 8.42. The molecule has 0 aliphatic rings. The summed E-state index contributed by atoms with van der Waals surface area (Å²) in [6.07, 6.45) is 7.11. The summed E-state index contributed by atoms with van der Waals surface area (Å²) in [4.78, 5) is 17.5. The molecule has 0 amide bonds. The molecule has 80 valence electrons. The van der Waals surface area contributed by atoms with E-state index in [1.165, 1.54) is 0 Å². The molecular formula is C12H10N2O2. The van der Waals surface area contributed by atoms with Crippen molar-refractivity contribution in [1.82, 2.24) is 9.97 Å². The number of benzene rings is 1. The molecule has 0 aliphatic heterocycles. The summed E-state index contributed by atoms with van der Waals surface area (Å²) in [5.74, 6) is -0.914. The highest BCUT2D eigenvalue weighted by Crippen LogP contribution is 2.08. The van der Waals surface area contributed by atoms with Crippen LogP contribution in [-0.2, 0) is 0 Å². The van der Waals surface area contributed by atoms with Crippen LogP contribution in [0.3, 0.4) is 0 Å². The molecule has 2 rings (SSSR count). The summed E-state index contributed by atoms with van der Waals surface area (Å²) in [5, 5.41) is 8.72. The highest BCUT2D eigenvalue weighted by Gasteiger charge is 1.99. The van der Waals surface area contributed by atoms with Gasteiger partial charge in [0.05, 0.1) is 17.6 Å². The molecule has 0 radical (unpaired) electrons. The van der Waals surface area contributed by atoms with E-state index in [-0.39, 0.29) is 5.56 Å². The van der Waals surface area contributed by atoms with E-state index in [1.54, 1.807) is 36.8 Å². The Morgan fingerprint density at radius 1 is 1.25 bits per heavy atom. The molecule has 0 fully saturated rings. The molecule has 0 unspecified atom stereocenters. The first-order valence-corrected chi connectivity index (χ1v) is 4.76. The summed E-state index contributed by atoms with van der Waals surface area (Å²) >= 11 is 0. The maximum atomic E-state index is 10.6. The van der Waals surface area contributed by atoms with Crippen LogP contribution in [0.4, 0.5) is 0 Å². The molecule has 4 nitrogen and oxygen atoms in total. The van der Waals surface area contributed by atoms with E-state index < -0.39 is 5.97 Å². The van der Waals surface area contributed by atoms with Gasteiger partial charge in [0.1, 0.15) is 0 Å². The van der Waals surface area contributed by atoms with Crippen LogP contribution in [0.5, 0.6) is 0 Å². The third-order valence-electron chi connectivity index (χ3n) is 2.12. The van der Waals surface area contributed by atoms with Crippen molar-refractivity contribution in [2.45, 2.75) is 0 Å². The molecule has 1 aromatic heterocycles. The quantitative estimate of drug-likeness (QED) is 0.823. The van der Waals surface area contributed by atoms with E-state index in [1.807, 2.05) is 12.2 Å². The van der Waals surface area contributed by atoms with Crippen LogP contribution in [0.15, 0.2) is 36.8 Å². The van der Waals surface area contributed by atoms with E-state index >= 15 is 0 Å². The van der Waals surface area contributed by atoms with Crippen molar-refractivity contribution >= 4 is 18.1 Å². The van der Waals surface area contributed by atoms with Crippen LogP contribution < -0.4 is 0 Å². The van der Waals surface area contributed by atoms with Crippen molar-refractivity contribution in [2.24, 2.45) is 0 Å². The Balaban J connectivity index is 2.14. The number of aromatic nitrogens is 2. The van der Waals surface area contributed by atoms with Gasteiger partial charge >= 0.3 is 5.97 Å². The number of hydrogen-bond acceptors (Lipinski definition) is 2. The van der Waals surface area contributed by atoms with Crippen LogP contribution in [0.1, 0.15) is 21.6 Å². The summed E-state index contributed by atoms with van der Waals surface area (Å²) in [6.45, 7) is 0. The van der Waals surface area contributed by atoms with Gasteiger partial charge in [-0.05, 0) is 23.8 Å². The predicted molar refractivity (Wildman–Crippen MR) is 60.9 cm³/mol. The fourth-order valence-electron chi connectivity index (χ4n) is 1.28. The van der Waals surface area contributed by atoms with Crippen LogP contribution >= 0.6 is 0 Å². The smallest absolute Gasteiger partial charge is 0.335 e. The van der Waals surface area contributed by atoms with Gasteiger partial charge < -0.3 is 10.1 Å². The zero-order valence-electron chi connectivity index (χ0n) is 8.42. The SMILES string of the molecule is O=C(O)c1ccc(C=Cc2c[nH]cn2)cc1. The van der Waals surface area contributed by atoms with Crippen molar-refractivity contribution in [3.63, 3.8) is 0 Å². The fraction of sp³-hybridized carbons (Fsp3) is 0. The van der Waals surface area contributed by atoms with Gasteiger partial charge in [-0.15, -0.1) is 0 Å². The first-order valence-electron chi connectivity index (χ1n) is 4.76. The van der Waals surface area contributed by atoms with Crippen molar-refractivity contribution in [2.75, 3.05) is 0 Å². The van der Waals surface area contributed by atoms with Gasteiger partial charge in [-0.25, -0.2) is 9.78 Å². The Morgan fingerprint density at radius 2 is 2.00 bits per heavy atom. The largest absolute Gasteiger partial charge is 0.478 e. The summed E-state index contributed by atoms with van der Waals surface area (Å²) in [5.41, 5.74) is 2.06. The zero-order chi connectivity index (χ0) is 11.4. The van der Waals surface area contributed by atoms with Gasteiger partial charge in [0.25, 0.3) is 0 Å². The van der Waals surface area contributed by atoms with E-state index in [4.69, 9.17) is 5.11 Å². The number of nitrogens with zero attached hydrogens (tertiary/aromatic N) is 1. The average Bonchev–Trinajstić information content (AvgIpc) is 2.80. The highest BCUT2D eigenvalue weighted by atomic mass is 16.4. The van der Waals surface area contributed by atoms with Crippen LogP contribution in [0, 0.1) is 0 Å². The minimum Gasteiger partial charge on any atom is -0.478 e. The fourth-order valence-corrected chi connectivity index (χ4v) is 1.28. The van der Waals surface area contributed by atoms with E-state index in [0.717, 1.165) is 11.3 Å². The monoisotopic (exact) mass is 214 g/mol. The molecule has 0 spiro atoms. The van der Waals surface area contributed by atoms with Gasteiger partial charge in [0.15, 0.2) is 0 Å². The maximum absolute atomic E-state index is 10.6. The third-order valence-corrected chi connectivity index (χ3v) is 2.12. The topological polar surface area (TPSA) is 66.0 Å². The first kappa shape index (κ1) is 10.2. The van der Waals surface area contributed by atoms with Gasteiger partial charge in [-0.3, -0.25) is 0 Å².